The van der Waals surface area contributed by atoms with Crippen molar-refractivity contribution in [1.82, 2.24) is 0 Å². The molecular weight excluding hydrogens is 287 g/mol. The molecule has 20 heavy (non-hydrogen) atoms. The van der Waals surface area contributed by atoms with Gasteiger partial charge in [-0.15, -0.1) is 0 Å². The van der Waals surface area contributed by atoms with Gasteiger partial charge in [0.05, 0.1) is 13.2 Å². The predicted octanol–water partition coefficient (Wildman–Crippen LogP) is 1.79. The van der Waals surface area contributed by atoms with Crippen LogP contribution in [-0.2, 0) is 23.4 Å². The smallest absolute Gasteiger partial charge is 0.456 e. The molecule has 0 aromatic carbocycles. The zero-order valence-corrected chi connectivity index (χ0v) is 12.8. The Balaban J connectivity index is 4.21. The number of hydrogen-bond donors (Lipinski definition) is 2. The van der Waals surface area contributed by atoms with E-state index in [1.54, 1.807) is 0 Å². The van der Waals surface area contributed by atoms with Crippen LogP contribution in [0.5, 0.6) is 0 Å². The van der Waals surface area contributed by atoms with Crippen molar-refractivity contribution in [3.8, 4) is 0 Å². The third-order valence-corrected chi connectivity index (χ3v) is 2.76. The number of ether oxygens (including phenoxy) is 2. The van der Waals surface area contributed by atoms with Gasteiger partial charge in [-0.25, -0.2) is 9.36 Å². The van der Waals surface area contributed by atoms with E-state index in [0.29, 0.717) is 19.6 Å². The Labute approximate surface area is 119 Å². The molecule has 0 aliphatic carbocycles. The topological polar surface area (TPSA) is 102 Å². The normalized spacial score (nSPS) is 13.0. The first kappa shape index (κ1) is 19.3. The second-order valence-corrected chi connectivity index (χ2v) is 5.59. The van der Waals surface area contributed by atoms with Gasteiger partial charge in [0.2, 0.25) is 0 Å². The van der Waals surface area contributed by atoms with E-state index in [0.717, 1.165) is 12.8 Å². The van der Waals surface area contributed by atoms with Crippen LogP contribution in [0.1, 0.15) is 33.1 Å². The minimum atomic E-state index is -4.59. The highest BCUT2D eigenvalue weighted by Gasteiger charge is 2.21. The van der Waals surface area contributed by atoms with Crippen LogP contribution in [0.25, 0.3) is 0 Å². The van der Waals surface area contributed by atoms with Crippen molar-refractivity contribution >= 4 is 13.8 Å². The SMILES string of the molecule is C=C(C)C(=O)OC(CCOCCCC)COP(=O)(O)O. The summed E-state index contributed by atoms with van der Waals surface area (Å²) in [6, 6.07) is 0. The molecule has 0 aromatic heterocycles. The van der Waals surface area contributed by atoms with Crippen LogP contribution >= 0.6 is 7.82 Å². The third kappa shape index (κ3) is 11.1. The summed E-state index contributed by atoms with van der Waals surface area (Å²) in [5.41, 5.74) is 0.207. The van der Waals surface area contributed by atoms with Gasteiger partial charge in [0.25, 0.3) is 0 Å². The molecule has 0 saturated carbocycles. The fourth-order valence-corrected chi connectivity index (χ4v) is 1.53. The summed E-state index contributed by atoms with van der Waals surface area (Å²) in [7, 11) is -4.59. The largest absolute Gasteiger partial charge is 0.469 e. The number of phosphoric ester groups is 1. The number of hydrogen-bond acceptors (Lipinski definition) is 5. The summed E-state index contributed by atoms with van der Waals surface area (Å²) in [6.45, 7) is 7.48. The fraction of sp³-hybridized carbons (Fsp3) is 0.750. The number of esters is 1. The van der Waals surface area contributed by atoms with Crippen LogP contribution in [0.2, 0.25) is 0 Å². The first-order valence-electron chi connectivity index (χ1n) is 6.40. The molecule has 8 heteroatoms. The third-order valence-electron chi connectivity index (χ3n) is 2.28. The molecule has 0 aromatic rings. The van der Waals surface area contributed by atoms with Gasteiger partial charge >= 0.3 is 13.8 Å². The summed E-state index contributed by atoms with van der Waals surface area (Å²) in [6.07, 6.45) is 1.45. The zero-order chi connectivity index (χ0) is 15.6. The van der Waals surface area contributed by atoms with Crippen LogP contribution in [-0.4, -0.2) is 41.7 Å². The molecule has 118 valence electrons. The lowest BCUT2D eigenvalue weighted by molar-refractivity contribution is -0.147. The van der Waals surface area contributed by atoms with Crippen molar-refractivity contribution in [1.29, 1.82) is 0 Å². The van der Waals surface area contributed by atoms with Gasteiger partial charge in [0.15, 0.2) is 0 Å². The Hall–Kier alpha value is -0.720. The second-order valence-electron chi connectivity index (χ2n) is 4.35. The first-order valence-corrected chi connectivity index (χ1v) is 7.93. The quantitative estimate of drug-likeness (QED) is 0.259. The summed E-state index contributed by atoms with van der Waals surface area (Å²) in [5.74, 6) is -0.627. The summed E-state index contributed by atoms with van der Waals surface area (Å²) < 4.78 is 25.4. The van der Waals surface area contributed by atoms with Gasteiger partial charge in [0.1, 0.15) is 6.10 Å². The molecular formula is C12H23O7P. The summed E-state index contributed by atoms with van der Waals surface area (Å²) >= 11 is 0. The number of carbonyl (C=O) groups is 1. The van der Waals surface area contributed by atoms with Crippen molar-refractivity contribution < 1.29 is 33.1 Å². The minimum absolute atomic E-state index is 0.207. The lowest BCUT2D eigenvalue weighted by Crippen LogP contribution is -2.25. The Morgan fingerprint density at radius 2 is 2.00 bits per heavy atom. The number of rotatable bonds is 11. The van der Waals surface area contributed by atoms with Gasteiger partial charge in [0, 0.05) is 18.6 Å². The molecule has 0 saturated heterocycles. The number of phosphoric acid groups is 1. The molecule has 0 spiro atoms. The number of unbranched alkanes of at least 4 members (excludes halogenated alkanes) is 1. The highest BCUT2D eigenvalue weighted by Crippen LogP contribution is 2.36. The van der Waals surface area contributed by atoms with E-state index < -0.39 is 19.9 Å². The van der Waals surface area contributed by atoms with E-state index in [1.165, 1.54) is 6.92 Å². The Morgan fingerprint density at radius 1 is 1.35 bits per heavy atom. The van der Waals surface area contributed by atoms with Gasteiger partial charge < -0.3 is 19.3 Å². The van der Waals surface area contributed by atoms with Crippen LogP contribution in [0.15, 0.2) is 12.2 Å². The molecule has 0 bridgehead atoms. The van der Waals surface area contributed by atoms with Gasteiger partial charge in [-0.2, -0.15) is 0 Å². The van der Waals surface area contributed by atoms with E-state index in [4.69, 9.17) is 19.3 Å². The van der Waals surface area contributed by atoms with Crippen LogP contribution in [0.3, 0.4) is 0 Å². The lowest BCUT2D eigenvalue weighted by atomic mass is 10.2. The average Bonchev–Trinajstić information content (AvgIpc) is 2.34. The molecule has 0 heterocycles. The highest BCUT2D eigenvalue weighted by molar-refractivity contribution is 7.46. The van der Waals surface area contributed by atoms with E-state index >= 15 is 0 Å². The summed E-state index contributed by atoms with van der Waals surface area (Å²) in [5, 5.41) is 0. The van der Waals surface area contributed by atoms with E-state index in [9.17, 15) is 9.36 Å². The maximum absolute atomic E-state index is 11.4. The van der Waals surface area contributed by atoms with Gasteiger partial charge in [-0.3, -0.25) is 4.52 Å². The van der Waals surface area contributed by atoms with E-state index in [-0.39, 0.29) is 12.2 Å². The van der Waals surface area contributed by atoms with Crippen molar-refractivity contribution in [2.75, 3.05) is 19.8 Å². The molecule has 0 rings (SSSR count). The molecule has 0 fully saturated rings. The van der Waals surface area contributed by atoms with Gasteiger partial charge in [-0.05, 0) is 13.3 Å². The molecule has 0 aliphatic rings. The van der Waals surface area contributed by atoms with Crippen molar-refractivity contribution in [3.63, 3.8) is 0 Å². The molecule has 0 radical (unpaired) electrons. The predicted molar refractivity (Wildman–Crippen MR) is 73.0 cm³/mol. The van der Waals surface area contributed by atoms with Gasteiger partial charge in [-0.1, -0.05) is 19.9 Å². The Kier molecular flexibility index (Phi) is 9.71. The van der Waals surface area contributed by atoms with Crippen LogP contribution < -0.4 is 0 Å². The van der Waals surface area contributed by atoms with Crippen LogP contribution in [0, 0.1) is 0 Å². The Bertz CT molecular complexity index is 350. The fourth-order valence-electron chi connectivity index (χ4n) is 1.17. The molecule has 7 nitrogen and oxygen atoms in total. The monoisotopic (exact) mass is 310 g/mol. The molecule has 0 amide bonds. The molecule has 0 aliphatic heterocycles. The maximum atomic E-state index is 11.4. The van der Waals surface area contributed by atoms with Crippen molar-refractivity contribution in [3.05, 3.63) is 12.2 Å². The first-order chi connectivity index (χ1) is 9.26. The summed E-state index contributed by atoms with van der Waals surface area (Å²) in [4.78, 5) is 28.7. The van der Waals surface area contributed by atoms with Crippen molar-refractivity contribution in [2.45, 2.75) is 39.2 Å². The molecule has 2 N–H and O–H groups in total. The zero-order valence-electron chi connectivity index (χ0n) is 11.9. The Morgan fingerprint density at radius 3 is 2.50 bits per heavy atom. The average molecular weight is 310 g/mol. The second kappa shape index (κ2) is 10.1. The molecule has 1 atom stereocenters. The van der Waals surface area contributed by atoms with Crippen LogP contribution in [0.4, 0.5) is 0 Å². The lowest BCUT2D eigenvalue weighted by Gasteiger charge is -2.18. The minimum Gasteiger partial charge on any atom is -0.456 e. The van der Waals surface area contributed by atoms with E-state index in [1.807, 2.05) is 6.92 Å². The standard InChI is InChI=1S/C12H23O7P/c1-4-5-7-17-8-6-11(9-18-20(14,15)16)19-12(13)10(2)3/h11H,2,4-9H2,1,3H3,(H2,14,15,16). The van der Waals surface area contributed by atoms with E-state index in [2.05, 4.69) is 11.1 Å². The van der Waals surface area contributed by atoms with Crippen molar-refractivity contribution in [2.24, 2.45) is 0 Å². The highest BCUT2D eigenvalue weighted by atomic mass is 31.2. The number of carbonyl (C=O) groups excluding carboxylic acids is 1. The maximum Gasteiger partial charge on any atom is 0.469 e. The molecule has 1 unspecified atom stereocenters.